The number of nitrogens with zero attached hydrogens (tertiary/aromatic N) is 3. The van der Waals surface area contributed by atoms with E-state index in [4.69, 9.17) is 9.41 Å². The molecule has 1 aromatic rings. The van der Waals surface area contributed by atoms with Crippen LogP contribution in [0.25, 0.3) is 0 Å². The van der Waals surface area contributed by atoms with E-state index in [1.165, 1.54) is 45.2 Å². The van der Waals surface area contributed by atoms with Crippen LogP contribution in [-0.2, 0) is 0 Å². The minimum Gasteiger partial charge on any atom is -0.468 e. The molecule has 3 heterocycles. The molecular formula is C21H38IN5O. The number of halogens is 1. The van der Waals surface area contributed by atoms with Crippen LogP contribution < -0.4 is 10.6 Å². The van der Waals surface area contributed by atoms with Crippen molar-refractivity contribution in [3.63, 3.8) is 0 Å². The Kier molecular flexibility index (Phi) is 10.6. The third-order valence-electron chi connectivity index (χ3n) is 5.87. The van der Waals surface area contributed by atoms with Crippen LogP contribution in [0.4, 0.5) is 0 Å². The predicted molar refractivity (Wildman–Crippen MR) is 126 cm³/mol. The molecule has 3 rings (SSSR count). The molecule has 1 aromatic heterocycles. The van der Waals surface area contributed by atoms with E-state index in [2.05, 4.69) is 40.5 Å². The van der Waals surface area contributed by atoms with E-state index in [1.54, 1.807) is 6.26 Å². The summed E-state index contributed by atoms with van der Waals surface area (Å²) in [6.07, 6.45) is 8.20. The first kappa shape index (κ1) is 23.5. The summed E-state index contributed by atoms with van der Waals surface area (Å²) in [6.45, 7) is 9.44. The molecule has 0 spiro atoms. The van der Waals surface area contributed by atoms with Crippen LogP contribution in [0.15, 0.2) is 27.8 Å². The molecule has 0 radical (unpaired) electrons. The highest BCUT2D eigenvalue weighted by molar-refractivity contribution is 14.0. The first-order valence-electron chi connectivity index (χ1n) is 10.7. The fraction of sp³-hybridized carbons (Fsp3) is 0.762. The van der Waals surface area contributed by atoms with Gasteiger partial charge in [0.1, 0.15) is 5.76 Å². The highest BCUT2D eigenvalue weighted by atomic mass is 127. The molecule has 2 N–H and O–H groups in total. The Morgan fingerprint density at radius 2 is 1.93 bits per heavy atom. The third kappa shape index (κ3) is 7.22. The molecule has 7 heteroatoms. The smallest absolute Gasteiger partial charge is 0.191 e. The van der Waals surface area contributed by atoms with Crippen molar-refractivity contribution in [3.05, 3.63) is 24.2 Å². The van der Waals surface area contributed by atoms with Crippen LogP contribution in [0, 0.1) is 5.92 Å². The topological polar surface area (TPSA) is 56.0 Å². The zero-order valence-electron chi connectivity index (χ0n) is 17.5. The lowest BCUT2D eigenvalue weighted by Crippen LogP contribution is -2.43. The molecule has 28 heavy (non-hydrogen) atoms. The van der Waals surface area contributed by atoms with E-state index < -0.39 is 0 Å². The molecule has 2 aliphatic heterocycles. The summed E-state index contributed by atoms with van der Waals surface area (Å²) >= 11 is 0. The lowest BCUT2D eigenvalue weighted by atomic mass is 9.97. The summed E-state index contributed by atoms with van der Waals surface area (Å²) in [6, 6.07) is 4.31. The van der Waals surface area contributed by atoms with Gasteiger partial charge in [0.15, 0.2) is 5.96 Å². The van der Waals surface area contributed by atoms with Gasteiger partial charge in [0.2, 0.25) is 0 Å². The van der Waals surface area contributed by atoms with Gasteiger partial charge >= 0.3 is 0 Å². The van der Waals surface area contributed by atoms with Crippen molar-refractivity contribution in [2.75, 3.05) is 52.9 Å². The Balaban J connectivity index is 0.00000280. The van der Waals surface area contributed by atoms with Crippen LogP contribution in [0.2, 0.25) is 0 Å². The fourth-order valence-corrected chi connectivity index (χ4v) is 4.12. The van der Waals surface area contributed by atoms with Gasteiger partial charge in [-0.05, 0) is 83.9 Å². The number of piperidine rings is 2. The summed E-state index contributed by atoms with van der Waals surface area (Å²) < 4.78 is 5.75. The molecule has 0 aliphatic carbocycles. The monoisotopic (exact) mass is 503 g/mol. The van der Waals surface area contributed by atoms with Crippen LogP contribution >= 0.6 is 24.0 Å². The maximum atomic E-state index is 5.75. The van der Waals surface area contributed by atoms with Gasteiger partial charge in [-0.3, -0.25) is 9.89 Å². The first-order valence-corrected chi connectivity index (χ1v) is 10.7. The van der Waals surface area contributed by atoms with Gasteiger partial charge < -0.3 is 20.0 Å². The lowest BCUT2D eigenvalue weighted by molar-refractivity contribution is 0.150. The summed E-state index contributed by atoms with van der Waals surface area (Å²) in [5, 5.41) is 6.99. The highest BCUT2D eigenvalue weighted by Crippen LogP contribution is 2.25. The van der Waals surface area contributed by atoms with E-state index in [0.29, 0.717) is 0 Å². The molecule has 0 saturated carbocycles. The van der Waals surface area contributed by atoms with Gasteiger partial charge in [-0.2, -0.15) is 0 Å². The molecule has 6 nitrogen and oxygen atoms in total. The summed E-state index contributed by atoms with van der Waals surface area (Å²) in [5.41, 5.74) is 0. The Hall–Kier alpha value is -0.800. The van der Waals surface area contributed by atoms with Crippen molar-refractivity contribution in [1.82, 2.24) is 20.4 Å². The predicted octanol–water partition coefficient (Wildman–Crippen LogP) is 3.32. The van der Waals surface area contributed by atoms with Crippen LogP contribution in [0.1, 0.15) is 50.8 Å². The average molecular weight is 503 g/mol. The normalized spacial score (nSPS) is 21.1. The number of rotatable bonds is 7. The van der Waals surface area contributed by atoms with Gasteiger partial charge in [-0.1, -0.05) is 6.42 Å². The lowest BCUT2D eigenvalue weighted by Gasteiger charge is -2.32. The van der Waals surface area contributed by atoms with Crippen molar-refractivity contribution >= 4 is 29.9 Å². The number of aliphatic imine (C=N–C) groups is 1. The fourth-order valence-electron chi connectivity index (χ4n) is 4.12. The zero-order chi connectivity index (χ0) is 18.9. The number of hydrogen-bond acceptors (Lipinski definition) is 4. The minimum absolute atomic E-state index is 0. The van der Waals surface area contributed by atoms with E-state index >= 15 is 0 Å². The largest absolute Gasteiger partial charge is 0.468 e. The first-order chi connectivity index (χ1) is 13.3. The van der Waals surface area contributed by atoms with Crippen molar-refractivity contribution in [2.24, 2.45) is 10.9 Å². The molecular weight excluding hydrogens is 465 g/mol. The van der Waals surface area contributed by atoms with Gasteiger partial charge in [-0.25, -0.2) is 0 Å². The molecule has 2 saturated heterocycles. The zero-order valence-corrected chi connectivity index (χ0v) is 19.9. The summed E-state index contributed by atoms with van der Waals surface area (Å²) in [4.78, 5) is 9.88. The second kappa shape index (κ2) is 12.7. The van der Waals surface area contributed by atoms with Crippen LogP contribution in [0.5, 0.6) is 0 Å². The standard InChI is InChI=1S/C21H37N5O.HI/c1-3-22-21(23-16-18-9-13-25(2)14-10-18)24-17-19(20-8-7-15-27-20)26-11-5-4-6-12-26;/h7-8,15,18-19H,3-6,9-14,16-17H2,1-2H3,(H2,22,23,24);1H. The molecule has 2 fully saturated rings. The van der Waals surface area contributed by atoms with Crippen LogP contribution in [-0.4, -0.2) is 68.6 Å². The Morgan fingerprint density at radius 3 is 2.57 bits per heavy atom. The minimum atomic E-state index is 0. The molecule has 0 amide bonds. The Bertz CT molecular complexity index is 551. The summed E-state index contributed by atoms with van der Waals surface area (Å²) in [7, 11) is 2.21. The van der Waals surface area contributed by atoms with Crippen molar-refractivity contribution in [2.45, 2.75) is 45.1 Å². The maximum absolute atomic E-state index is 5.75. The van der Waals surface area contributed by atoms with Crippen molar-refractivity contribution in [1.29, 1.82) is 0 Å². The van der Waals surface area contributed by atoms with E-state index in [1.807, 2.05) is 6.07 Å². The quantitative estimate of drug-likeness (QED) is 0.340. The van der Waals surface area contributed by atoms with Gasteiger partial charge in [0.05, 0.1) is 18.8 Å². The van der Waals surface area contributed by atoms with Gasteiger partial charge in [0.25, 0.3) is 0 Å². The second-order valence-corrected chi connectivity index (χ2v) is 7.98. The molecule has 0 aromatic carbocycles. The number of furan rings is 1. The summed E-state index contributed by atoms with van der Waals surface area (Å²) in [5.74, 6) is 2.71. The number of nitrogens with one attached hydrogen (secondary N) is 2. The van der Waals surface area contributed by atoms with Crippen molar-refractivity contribution in [3.8, 4) is 0 Å². The molecule has 1 unspecified atom stereocenters. The maximum Gasteiger partial charge on any atom is 0.191 e. The van der Waals surface area contributed by atoms with Crippen molar-refractivity contribution < 1.29 is 4.42 Å². The SMILES string of the molecule is CCNC(=NCC(c1ccco1)N1CCCCC1)NCC1CCN(C)CC1.I. The average Bonchev–Trinajstić information content (AvgIpc) is 3.23. The molecule has 1 atom stereocenters. The highest BCUT2D eigenvalue weighted by Gasteiger charge is 2.24. The molecule has 2 aliphatic rings. The number of likely N-dealkylation sites (tertiary alicyclic amines) is 2. The van der Waals surface area contributed by atoms with Crippen LogP contribution in [0.3, 0.4) is 0 Å². The second-order valence-electron chi connectivity index (χ2n) is 7.98. The van der Waals surface area contributed by atoms with Gasteiger partial charge in [0, 0.05) is 13.1 Å². The van der Waals surface area contributed by atoms with E-state index in [9.17, 15) is 0 Å². The van der Waals surface area contributed by atoms with E-state index in [-0.39, 0.29) is 30.0 Å². The van der Waals surface area contributed by atoms with E-state index in [0.717, 1.165) is 50.4 Å². The number of hydrogen-bond donors (Lipinski definition) is 2. The Morgan fingerprint density at radius 1 is 1.18 bits per heavy atom. The molecule has 0 bridgehead atoms. The number of guanidine groups is 1. The Labute approximate surface area is 187 Å². The van der Waals surface area contributed by atoms with Gasteiger partial charge in [-0.15, -0.1) is 24.0 Å². The molecule has 160 valence electrons. The third-order valence-corrected chi connectivity index (χ3v) is 5.87.